The summed E-state index contributed by atoms with van der Waals surface area (Å²) in [7, 11) is 1.24. The van der Waals surface area contributed by atoms with Crippen molar-refractivity contribution in [3.63, 3.8) is 0 Å². The molecule has 1 amide bonds. The number of carbonyl (C=O) groups is 3. The predicted molar refractivity (Wildman–Crippen MR) is 62.7 cm³/mol. The third-order valence-corrected chi connectivity index (χ3v) is 3.30. The van der Waals surface area contributed by atoms with Crippen LogP contribution >= 0.6 is 0 Å². The normalized spacial score (nSPS) is 23.5. The van der Waals surface area contributed by atoms with Crippen LogP contribution in [0.25, 0.3) is 0 Å². The van der Waals surface area contributed by atoms with E-state index in [1.807, 2.05) is 0 Å². The molecule has 1 aliphatic rings. The van der Waals surface area contributed by atoms with E-state index in [4.69, 9.17) is 5.11 Å². The minimum absolute atomic E-state index is 0.393. The molecule has 0 heterocycles. The number of esters is 1. The summed E-state index contributed by atoms with van der Waals surface area (Å²) in [5.74, 6) is -3.12. The van der Waals surface area contributed by atoms with Gasteiger partial charge in [-0.25, -0.2) is 4.79 Å². The fourth-order valence-corrected chi connectivity index (χ4v) is 2.28. The van der Waals surface area contributed by atoms with Crippen LogP contribution in [-0.2, 0) is 19.1 Å². The van der Waals surface area contributed by atoms with E-state index >= 15 is 0 Å². The minimum atomic E-state index is -1.14. The number of carboxylic acid groups (broad SMARTS) is 1. The molecule has 0 aliphatic heterocycles. The van der Waals surface area contributed by atoms with Gasteiger partial charge in [0.25, 0.3) is 0 Å². The van der Waals surface area contributed by atoms with E-state index in [0.717, 1.165) is 0 Å². The quantitative estimate of drug-likeness (QED) is 0.718. The Morgan fingerprint density at radius 2 is 1.78 bits per heavy atom. The summed E-state index contributed by atoms with van der Waals surface area (Å²) in [5.41, 5.74) is -1.14. The number of methoxy groups -OCH3 is 1. The molecule has 2 atom stereocenters. The highest BCUT2D eigenvalue weighted by molar-refractivity contribution is 5.90. The summed E-state index contributed by atoms with van der Waals surface area (Å²) in [6, 6.07) is 0. The molecule has 6 heteroatoms. The summed E-state index contributed by atoms with van der Waals surface area (Å²) < 4.78 is 4.58. The molecule has 0 bridgehead atoms. The Hall–Kier alpha value is -1.59. The Morgan fingerprint density at radius 1 is 1.22 bits per heavy atom. The third-order valence-electron chi connectivity index (χ3n) is 3.30. The van der Waals surface area contributed by atoms with E-state index in [9.17, 15) is 14.4 Å². The zero-order chi connectivity index (χ0) is 13.9. The summed E-state index contributed by atoms with van der Waals surface area (Å²) in [4.78, 5) is 34.5. The third kappa shape index (κ3) is 3.00. The first kappa shape index (κ1) is 14.5. The van der Waals surface area contributed by atoms with Crippen molar-refractivity contribution in [1.29, 1.82) is 0 Å². The van der Waals surface area contributed by atoms with Gasteiger partial charge in [-0.1, -0.05) is 6.42 Å². The standard InChI is InChI=1S/C12H19NO5/c1-12(2,11(17)18-3)13-9(14)7-5-4-6-8(7)10(15)16/h7-8H,4-6H2,1-3H3,(H,13,14)(H,15,16). The molecule has 0 aromatic carbocycles. The lowest BCUT2D eigenvalue weighted by Crippen LogP contribution is -2.52. The van der Waals surface area contributed by atoms with Crippen molar-refractivity contribution in [3.8, 4) is 0 Å². The fourth-order valence-electron chi connectivity index (χ4n) is 2.28. The van der Waals surface area contributed by atoms with E-state index in [1.165, 1.54) is 21.0 Å². The number of amides is 1. The Kier molecular flexibility index (Phi) is 4.32. The van der Waals surface area contributed by atoms with Crippen molar-refractivity contribution in [2.75, 3.05) is 7.11 Å². The molecule has 1 aliphatic carbocycles. The monoisotopic (exact) mass is 257 g/mol. The molecule has 0 radical (unpaired) electrons. The largest absolute Gasteiger partial charge is 0.481 e. The maximum absolute atomic E-state index is 12.0. The van der Waals surface area contributed by atoms with Crippen LogP contribution in [0.1, 0.15) is 33.1 Å². The second-order valence-corrected chi connectivity index (χ2v) is 5.09. The maximum Gasteiger partial charge on any atom is 0.330 e. The molecule has 1 rings (SSSR count). The van der Waals surface area contributed by atoms with Crippen molar-refractivity contribution in [2.45, 2.75) is 38.6 Å². The van der Waals surface area contributed by atoms with Crippen LogP contribution in [0.3, 0.4) is 0 Å². The summed E-state index contributed by atoms with van der Waals surface area (Å²) >= 11 is 0. The summed E-state index contributed by atoms with van der Waals surface area (Å²) in [6.45, 7) is 3.06. The lowest BCUT2D eigenvalue weighted by atomic mass is 9.94. The van der Waals surface area contributed by atoms with Gasteiger partial charge in [-0.2, -0.15) is 0 Å². The molecule has 1 fully saturated rings. The number of rotatable bonds is 4. The van der Waals surface area contributed by atoms with Crippen LogP contribution in [0.5, 0.6) is 0 Å². The summed E-state index contributed by atoms with van der Waals surface area (Å²) in [6.07, 6.45) is 1.76. The van der Waals surface area contributed by atoms with Crippen molar-refractivity contribution < 1.29 is 24.2 Å². The fraction of sp³-hybridized carbons (Fsp3) is 0.750. The van der Waals surface area contributed by atoms with Gasteiger partial charge in [0.15, 0.2) is 0 Å². The Bertz CT molecular complexity index is 363. The van der Waals surface area contributed by atoms with Crippen LogP contribution in [0, 0.1) is 11.8 Å². The molecule has 0 spiro atoms. The van der Waals surface area contributed by atoms with Gasteiger partial charge < -0.3 is 15.2 Å². The smallest absolute Gasteiger partial charge is 0.330 e. The Morgan fingerprint density at radius 3 is 2.28 bits per heavy atom. The topological polar surface area (TPSA) is 92.7 Å². The molecule has 0 aromatic heterocycles. The number of hydrogen-bond acceptors (Lipinski definition) is 4. The van der Waals surface area contributed by atoms with Crippen LogP contribution in [0.15, 0.2) is 0 Å². The van der Waals surface area contributed by atoms with Gasteiger partial charge in [-0.05, 0) is 26.7 Å². The molecule has 2 N–H and O–H groups in total. The van der Waals surface area contributed by atoms with Crippen molar-refractivity contribution in [1.82, 2.24) is 5.32 Å². The SMILES string of the molecule is COC(=O)C(C)(C)NC(=O)C1CCCC1C(=O)O. The number of carboxylic acids is 1. The second kappa shape index (κ2) is 5.37. The molecule has 0 saturated heterocycles. The van der Waals surface area contributed by atoms with Gasteiger partial charge >= 0.3 is 11.9 Å². The van der Waals surface area contributed by atoms with Crippen LogP contribution < -0.4 is 5.32 Å². The first-order valence-corrected chi connectivity index (χ1v) is 5.93. The average molecular weight is 257 g/mol. The van der Waals surface area contributed by atoms with E-state index in [0.29, 0.717) is 19.3 Å². The highest BCUT2D eigenvalue weighted by Gasteiger charge is 2.40. The minimum Gasteiger partial charge on any atom is -0.481 e. The van der Waals surface area contributed by atoms with Crippen molar-refractivity contribution in [3.05, 3.63) is 0 Å². The van der Waals surface area contributed by atoms with Crippen molar-refractivity contribution in [2.24, 2.45) is 11.8 Å². The second-order valence-electron chi connectivity index (χ2n) is 5.09. The van der Waals surface area contributed by atoms with Crippen LogP contribution in [0.4, 0.5) is 0 Å². The van der Waals surface area contributed by atoms with E-state index < -0.39 is 35.2 Å². The van der Waals surface area contributed by atoms with E-state index in [1.54, 1.807) is 0 Å². The number of ether oxygens (including phenoxy) is 1. The molecule has 2 unspecified atom stereocenters. The number of hydrogen-bond donors (Lipinski definition) is 2. The van der Waals surface area contributed by atoms with Gasteiger partial charge in [0, 0.05) is 0 Å². The lowest BCUT2D eigenvalue weighted by molar-refractivity contribution is -0.151. The molecule has 6 nitrogen and oxygen atoms in total. The summed E-state index contributed by atoms with van der Waals surface area (Å²) in [5, 5.41) is 11.6. The zero-order valence-electron chi connectivity index (χ0n) is 10.9. The molecule has 102 valence electrons. The average Bonchev–Trinajstić information content (AvgIpc) is 2.76. The molecule has 1 saturated carbocycles. The first-order valence-electron chi connectivity index (χ1n) is 5.93. The van der Waals surface area contributed by atoms with Gasteiger partial charge in [0.2, 0.25) is 5.91 Å². The van der Waals surface area contributed by atoms with Gasteiger partial charge in [-0.3, -0.25) is 9.59 Å². The van der Waals surface area contributed by atoms with Gasteiger partial charge in [-0.15, -0.1) is 0 Å². The highest BCUT2D eigenvalue weighted by Crippen LogP contribution is 2.32. The molecule has 18 heavy (non-hydrogen) atoms. The van der Waals surface area contributed by atoms with Gasteiger partial charge in [0.05, 0.1) is 18.9 Å². The Labute approximate surface area is 106 Å². The van der Waals surface area contributed by atoms with E-state index in [-0.39, 0.29) is 0 Å². The maximum atomic E-state index is 12.0. The lowest BCUT2D eigenvalue weighted by Gasteiger charge is -2.26. The number of nitrogens with one attached hydrogen (secondary N) is 1. The molecule has 0 aromatic rings. The van der Waals surface area contributed by atoms with Gasteiger partial charge in [0.1, 0.15) is 5.54 Å². The number of carbonyl (C=O) groups excluding carboxylic acids is 2. The van der Waals surface area contributed by atoms with Crippen LogP contribution in [-0.4, -0.2) is 35.6 Å². The van der Waals surface area contributed by atoms with Crippen molar-refractivity contribution >= 4 is 17.8 Å². The first-order chi connectivity index (χ1) is 8.29. The Balaban J connectivity index is 2.71. The predicted octanol–water partition coefficient (Wildman–Crippen LogP) is 0.555. The number of aliphatic carboxylic acids is 1. The zero-order valence-corrected chi connectivity index (χ0v) is 10.9. The van der Waals surface area contributed by atoms with E-state index in [2.05, 4.69) is 10.1 Å². The molecular formula is C12H19NO5. The molecular weight excluding hydrogens is 238 g/mol. The highest BCUT2D eigenvalue weighted by atomic mass is 16.5. The van der Waals surface area contributed by atoms with Crippen LogP contribution in [0.2, 0.25) is 0 Å².